The molecule has 1 aromatic carbocycles. The standard InChI is InChI=1S/C10H12BrNO2/c1-5-2-6-9(12)8(13)4-14-10(6)7(11)3-5/h2-3,8-9,13H,4,12H2,1H3/t8-,9+/m0/s1. The maximum Gasteiger partial charge on any atom is 0.138 e. The fourth-order valence-electron chi connectivity index (χ4n) is 1.64. The zero-order valence-corrected chi connectivity index (χ0v) is 9.41. The lowest BCUT2D eigenvalue weighted by atomic mass is 9.97. The van der Waals surface area contributed by atoms with Gasteiger partial charge in [0.05, 0.1) is 10.5 Å². The quantitative estimate of drug-likeness (QED) is 0.741. The minimum atomic E-state index is -0.615. The van der Waals surface area contributed by atoms with Gasteiger partial charge in [-0.05, 0) is 34.5 Å². The molecule has 0 aliphatic carbocycles. The molecule has 3 nitrogen and oxygen atoms in total. The van der Waals surface area contributed by atoms with E-state index in [9.17, 15) is 5.11 Å². The van der Waals surface area contributed by atoms with Crippen LogP contribution in [0.25, 0.3) is 0 Å². The third kappa shape index (κ3) is 1.54. The number of aryl methyl sites for hydroxylation is 1. The van der Waals surface area contributed by atoms with E-state index < -0.39 is 6.10 Å². The van der Waals surface area contributed by atoms with Gasteiger partial charge in [-0.25, -0.2) is 0 Å². The summed E-state index contributed by atoms with van der Waals surface area (Å²) in [6.07, 6.45) is -0.615. The van der Waals surface area contributed by atoms with Gasteiger partial charge < -0.3 is 15.6 Å². The zero-order chi connectivity index (χ0) is 10.3. The van der Waals surface area contributed by atoms with Crippen molar-refractivity contribution in [1.82, 2.24) is 0 Å². The lowest BCUT2D eigenvalue weighted by molar-refractivity contribution is 0.0673. The summed E-state index contributed by atoms with van der Waals surface area (Å²) in [6, 6.07) is 3.58. The zero-order valence-electron chi connectivity index (χ0n) is 7.83. The molecule has 1 aliphatic rings. The van der Waals surface area contributed by atoms with Gasteiger partial charge in [-0.2, -0.15) is 0 Å². The summed E-state index contributed by atoms with van der Waals surface area (Å²) in [5, 5.41) is 9.54. The van der Waals surface area contributed by atoms with Crippen LogP contribution >= 0.6 is 15.9 Å². The molecule has 2 atom stereocenters. The Kier molecular flexibility index (Phi) is 2.51. The Balaban J connectivity index is 2.54. The van der Waals surface area contributed by atoms with Crippen LogP contribution in [0.1, 0.15) is 17.2 Å². The van der Waals surface area contributed by atoms with Gasteiger partial charge in [0.2, 0.25) is 0 Å². The number of ether oxygens (including phenoxy) is 1. The van der Waals surface area contributed by atoms with Crippen LogP contribution in [-0.4, -0.2) is 17.8 Å². The molecule has 0 fully saturated rings. The van der Waals surface area contributed by atoms with Crippen molar-refractivity contribution in [3.63, 3.8) is 0 Å². The van der Waals surface area contributed by atoms with Gasteiger partial charge in [0, 0.05) is 5.56 Å². The molecule has 14 heavy (non-hydrogen) atoms. The number of fused-ring (bicyclic) bond motifs is 1. The van der Waals surface area contributed by atoms with Gasteiger partial charge >= 0.3 is 0 Å². The Hall–Kier alpha value is -0.580. The molecule has 0 amide bonds. The van der Waals surface area contributed by atoms with Crippen molar-refractivity contribution < 1.29 is 9.84 Å². The largest absolute Gasteiger partial charge is 0.489 e. The number of nitrogens with two attached hydrogens (primary N) is 1. The number of hydrogen-bond acceptors (Lipinski definition) is 3. The first-order chi connectivity index (χ1) is 6.59. The van der Waals surface area contributed by atoms with Crippen LogP contribution in [0.15, 0.2) is 16.6 Å². The normalized spacial score (nSPS) is 25.4. The predicted molar refractivity (Wildman–Crippen MR) is 57.3 cm³/mol. The monoisotopic (exact) mass is 257 g/mol. The third-order valence-corrected chi connectivity index (χ3v) is 2.98. The van der Waals surface area contributed by atoms with Crippen LogP contribution in [-0.2, 0) is 0 Å². The molecule has 2 rings (SSSR count). The van der Waals surface area contributed by atoms with E-state index >= 15 is 0 Å². The second-order valence-corrected chi connectivity index (χ2v) is 4.42. The highest BCUT2D eigenvalue weighted by Gasteiger charge is 2.27. The highest BCUT2D eigenvalue weighted by atomic mass is 79.9. The summed E-state index contributed by atoms with van der Waals surface area (Å²) in [5.74, 6) is 0.758. The summed E-state index contributed by atoms with van der Waals surface area (Å²) >= 11 is 3.42. The van der Waals surface area contributed by atoms with E-state index in [2.05, 4.69) is 15.9 Å². The molecule has 1 heterocycles. The number of aliphatic hydroxyl groups excluding tert-OH is 1. The smallest absolute Gasteiger partial charge is 0.138 e. The maximum atomic E-state index is 9.54. The van der Waals surface area contributed by atoms with E-state index in [1.165, 1.54) is 0 Å². The molecule has 0 bridgehead atoms. The summed E-state index contributed by atoms with van der Waals surface area (Å²) in [7, 11) is 0. The maximum absolute atomic E-state index is 9.54. The highest BCUT2D eigenvalue weighted by Crippen LogP contribution is 2.37. The first-order valence-electron chi connectivity index (χ1n) is 4.46. The predicted octanol–water partition coefficient (Wildman–Crippen LogP) is 1.51. The van der Waals surface area contributed by atoms with Gasteiger partial charge in [-0.3, -0.25) is 0 Å². The second-order valence-electron chi connectivity index (χ2n) is 3.57. The molecule has 0 aromatic heterocycles. The first-order valence-corrected chi connectivity index (χ1v) is 5.25. The molecule has 0 saturated heterocycles. The highest BCUT2D eigenvalue weighted by molar-refractivity contribution is 9.10. The van der Waals surface area contributed by atoms with Crippen molar-refractivity contribution in [2.24, 2.45) is 5.73 Å². The Morgan fingerprint density at radius 3 is 3.00 bits per heavy atom. The van der Waals surface area contributed by atoms with Crippen molar-refractivity contribution in [2.45, 2.75) is 19.1 Å². The van der Waals surface area contributed by atoms with Crippen molar-refractivity contribution >= 4 is 15.9 Å². The van der Waals surface area contributed by atoms with E-state index in [1.54, 1.807) is 0 Å². The molecule has 0 radical (unpaired) electrons. The molecule has 0 saturated carbocycles. The minimum absolute atomic E-state index is 0.260. The molecule has 1 aliphatic heterocycles. The van der Waals surface area contributed by atoms with E-state index in [0.29, 0.717) is 0 Å². The van der Waals surface area contributed by atoms with Crippen molar-refractivity contribution in [3.8, 4) is 5.75 Å². The average Bonchev–Trinajstić information content (AvgIpc) is 2.12. The van der Waals surface area contributed by atoms with Gasteiger partial charge in [0.15, 0.2) is 0 Å². The molecule has 1 aromatic rings. The summed E-state index contributed by atoms with van der Waals surface area (Å²) in [5.41, 5.74) is 7.85. The SMILES string of the molecule is Cc1cc(Br)c2c(c1)[C@@H](N)[C@@H](O)CO2. The van der Waals surface area contributed by atoms with Crippen LogP contribution in [0.5, 0.6) is 5.75 Å². The lowest BCUT2D eigenvalue weighted by Gasteiger charge is -2.28. The molecular weight excluding hydrogens is 246 g/mol. The van der Waals surface area contributed by atoms with Crippen LogP contribution in [0.4, 0.5) is 0 Å². The number of rotatable bonds is 0. The van der Waals surface area contributed by atoms with Gasteiger partial charge in [-0.1, -0.05) is 6.07 Å². The van der Waals surface area contributed by atoms with Gasteiger partial charge in [0.1, 0.15) is 18.5 Å². The fraction of sp³-hybridized carbons (Fsp3) is 0.400. The van der Waals surface area contributed by atoms with Crippen molar-refractivity contribution in [1.29, 1.82) is 0 Å². The molecule has 4 heteroatoms. The van der Waals surface area contributed by atoms with E-state index in [-0.39, 0.29) is 12.6 Å². The van der Waals surface area contributed by atoms with E-state index in [0.717, 1.165) is 21.3 Å². The Labute approximate surface area is 91.0 Å². The number of aliphatic hydroxyl groups is 1. The Morgan fingerprint density at radius 2 is 2.29 bits per heavy atom. The van der Waals surface area contributed by atoms with Crippen LogP contribution in [0, 0.1) is 6.92 Å². The van der Waals surface area contributed by atoms with Crippen molar-refractivity contribution in [2.75, 3.05) is 6.61 Å². The number of halogens is 1. The summed E-state index contributed by atoms with van der Waals surface area (Å²) < 4.78 is 6.31. The van der Waals surface area contributed by atoms with Gasteiger partial charge in [0.25, 0.3) is 0 Å². The summed E-state index contributed by atoms with van der Waals surface area (Å²) in [6.45, 7) is 2.24. The molecule has 0 unspecified atom stereocenters. The molecule has 0 spiro atoms. The average molecular weight is 258 g/mol. The van der Waals surface area contributed by atoms with E-state index in [4.69, 9.17) is 10.5 Å². The molecule has 76 valence electrons. The molecule has 3 N–H and O–H groups in total. The van der Waals surface area contributed by atoms with E-state index in [1.807, 2.05) is 19.1 Å². The van der Waals surface area contributed by atoms with Gasteiger partial charge in [-0.15, -0.1) is 0 Å². The summed E-state index contributed by atoms with van der Waals surface area (Å²) in [4.78, 5) is 0. The number of benzene rings is 1. The van der Waals surface area contributed by atoms with Crippen molar-refractivity contribution in [3.05, 3.63) is 27.7 Å². The Bertz CT molecular complexity index is 367. The lowest BCUT2D eigenvalue weighted by Crippen LogP contribution is -2.35. The van der Waals surface area contributed by atoms with Crippen LogP contribution in [0.3, 0.4) is 0 Å². The number of hydrogen-bond donors (Lipinski definition) is 2. The van der Waals surface area contributed by atoms with Crippen LogP contribution in [0.2, 0.25) is 0 Å². The Morgan fingerprint density at radius 1 is 1.57 bits per heavy atom. The third-order valence-electron chi connectivity index (χ3n) is 2.39. The minimum Gasteiger partial charge on any atom is -0.489 e. The van der Waals surface area contributed by atoms with Crippen LogP contribution < -0.4 is 10.5 Å². The fourth-order valence-corrected chi connectivity index (χ4v) is 2.34. The first kappa shape index (κ1) is 9.96. The second kappa shape index (κ2) is 3.53. The molecular formula is C10H12BrNO2. The topological polar surface area (TPSA) is 55.5 Å².